The summed E-state index contributed by atoms with van der Waals surface area (Å²) in [6.07, 6.45) is 7.58. The van der Waals surface area contributed by atoms with Gasteiger partial charge < -0.3 is 9.64 Å². The minimum atomic E-state index is 0.103. The fourth-order valence-corrected chi connectivity index (χ4v) is 4.57. The number of rotatable bonds is 5. The van der Waals surface area contributed by atoms with Crippen molar-refractivity contribution in [3.05, 3.63) is 42.0 Å². The van der Waals surface area contributed by atoms with Crippen LogP contribution in [0.25, 0.3) is 0 Å². The maximum atomic E-state index is 12.4. The van der Waals surface area contributed by atoms with Crippen LogP contribution in [0.2, 0.25) is 0 Å². The molecule has 4 nitrogen and oxygen atoms in total. The fourth-order valence-electron chi connectivity index (χ4n) is 4.57. The molecule has 0 spiro atoms. The number of piperazine rings is 1. The highest BCUT2D eigenvalue weighted by Crippen LogP contribution is 2.43. The SMILES string of the molecule is Cc1ccccc1OCC(=O)N1CCN(CC2CC3C=CC2C3)CC1. The van der Waals surface area contributed by atoms with Crippen LogP contribution in [0.15, 0.2) is 36.4 Å². The molecule has 4 rings (SSSR count). The molecule has 1 aliphatic heterocycles. The molecular formula is C21H28N2O2. The largest absolute Gasteiger partial charge is 0.484 e. The number of amides is 1. The monoisotopic (exact) mass is 340 g/mol. The highest BCUT2D eigenvalue weighted by Gasteiger charge is 2.36. The summed E-state index contributed by atoms with van der Waals surface area (Å²) in [5.41, 5.74) is 1.07. The van der Waals surface area contributed by atoms with E-state index in [-0.39, 0.29) is 12.5 Å². The molecular weight excluding hydrogens is 312 g/mol. The van der Waals surface area contributed by atoms with Gasteiger partial charge in [-0.2, -0.15) is 0 Å². The quantitative estimate of drug-likeness (QED) is 0.773. The lowest BCUT2D eigenvalue weighted by Crippen LogP contribution is -2.51. The molecule has 1 aromatic rings. The van der Waals surface area contributed by atoms with Crippen LogP contribution < -0.4 is 4.74 Å². The Morgan fingerprint density at radius 3 is 2.60 bits per heavy atom. The highest BCUT2D eigenvalue weighted by atomic mass is 16.5. The predicted octanol–water partition coefficient (Wildman–Crippen LogP) is 2.73. The van der Waals surface area contributed by atoms with E-state index in [2.05, 4.69) is 17.1 Å². The van der Waals surface area contributed by atoms with Crippen molar-refractivity contribution in [3.63, 3.8) is 0 Å². The van der Waals surface area contributed by atoms with Crippen molar-refractivity contribution in [3.8, 4) is 5.75 Å². The van der Waals surface area contributed by atoms with Gasteiger partial charge in [-0.3, -0.25) is 9.69 Å². The average Bonchev–Trinajstić information content (AvgIpc) is 3.24. The molecule has 3 unspecified atom stereocenters. The van der Waals surface area contributed by atoms with E-state index in [0.29, 0.717) is 0 Å². The summed E-state index contributed by atoms with van der Waals surface area (Å²) in [7, 11) is 0. The zero-order chi connectivity index (χ0) is 17.2. The molecule has 134 valence electrons. The second kappa shape index (κ2) is 7.20. The van der Waals surface area contributed by atoms with Gasteiger partial charge in [0.15, 0.2) is 6.61 Å². The predicted molar refractivity (Wildman–Crippen MR) is 98.5 cm³/mol. The van der Waals surface area contributed by atoms with Crippen LogP contribution in [-0.2, 0) is 4.79 Å². The van der Waals surface area contributed by atoms with Crippen LogP contribution >= 0.6 is 0 Å². The van der Waals surface area contributed by atoms with Gasteiger partial charge in [-0.1, -0.05) is 30.4 Å². The summed E-state index contributed by atoms with van der Waals surface area (Å²) in [4.78, 5) is 16.9. The number of para-hydroxylation sites is 1. The molecule has 1 saturated heterocycles. The Morgan fingerprint density at radius 2 is 1.92 bits per heavy atom. The molecule has 2 bridgehead atoms. The van der Waals surface area contributed by atoms with Gasteiger partial charge in [0.2, 0.25) is 0 Å². The first-order valence-corrected chi connectivity index (χ1v) is 9.56. The lowest BCUT2D eigenvalue weighted by Gasteiger charge is -2.36. The second-order valence-electron chi connectivity index (χ2n) is 7.78. The van der Waals surface area contributed by atoms with E-state index in [1.165, 1.54) is 19.4 Å². The molecule has 0 N–H and O–H groups in total. The van der Waals surface area contributed by atoms with Crippen LogP contribution in [-0.4, -0.2) is 55.0 Å². The van der Waals surface area contributed by atoms with Crippen molar-refractivity contribution >= 4 is 5.91 Å². The van der Waals surface area contributed by atoms with E-state index >= 15 is 0 Å². The van der Waals surface area contributed by atoms with Gasteiger partial charge in [-0.15, -0.1) is 0 Å². The molecule has 0 aromatic heterocycles. The van der Waals surface area contributed by atoms with Gasteiger partial charge in [-0.05, 0) is 49.1 Å². The van der Waals surface area contributed by atoms with Crippen LogP contribution in [0.3, 0.4) is 0 Å². The van der Waals surface area contributed by atoms with Gasteiger partial charge in [0.25, 0.3) is 5.91 Å². The molecule has 2 fully saturated rings. The lowest BCUT2D eigenvalue weighted by atomic mass is 9.93. The van der Waals surface area contributed by atoms with E-state index in [1.54, 1.807) is 0 Å². The van der Waals surface area contributed by atoms with Crippen molar-refractivity contribution in [1.29, 1.82) is 0 Å². The molecule has 3 atom stereocenters. The smallest absolute Gasteiger partial charge is 0.260 e. The van der Waals surface area contributed by atoms with Crippen LogP contribution in [0.5, 0.6) is 5.75 Å². The van der Waals surface area contributed by atoms with Crippen molar-refractivity contribution in [2.24, 2.45) is 17.8 Å². The Kier molecular flexibility index (Phi) is 4.80. The number of aryl methyl sites for hydroxylation is 1. The van der Waals surface area contributed by atoms with Gasteiger partial charge >= 0.3 is 0 Å². The number of nitrogens with zero attached hydrogens (tertiary/aromatic N) is 2. The van der Waals surface area contributed by atoms with Crippen molar-refractivity contribution < 1.29 is 9.53 Å². The molecule has 4 heteroatoms. The van der Waals surface area contributed by atoms with E-state index in [0.717, 1.165) is 55.2 Å². The molecule has 2 aliphatic carbocycles. The summed E-state index contributed by atoms with van der Waals surface area (Å²) in [6, 6.07) is 7.85. The Labute approximate surface area is 150 Å². The summed E-state index contributed by atoms with van der Waals surface area (Å²) in [5.74, 6) is 3.40. The highest BCUT2D eigenvalue weighted by molar-refractivity contribution is 5.78. The number of hydrogen-bond acceptors (Lipinski definition) is 3. The van der Waals surface area contributed by atoms with Crippen molar-refractivity contribution in [2.45, 2.75) is 19.8 Å². The average molecular weight is 340 g/mol. The van der Waals surface area contributed by atoms with Crippen LogP contribution in [0.1, 0.15) is 18.4 Å². The van der Waals surface area contributed by atoms with Crippen LogP contribution in [0.4, 0.5) is 0 Å². The van der Waals surface area contributed by atoms with E-state index < -0.39 is 0 Å². The number of allylic oxidation sites excluding steroid dienone is 2. The minimum absolute atomic E-state index is 0.103. The molecule has 3 aliphatic rings. The Balaban J connectivity index is 1.21. The zero-order valence-electron chi connectivity index (χ0n) is 15.1. The number of benzene rings is 1. The molecule has 1 heterocycles. The molecule has 1 aromatic carbocycles. The zero-order valence-corrected chi connectivity index (χ0v) is 15.1. The third kappa shape index (κ3) is 3.74. The fraction of sp³-hybridized carbons (Fsp3) is 0.571. The second-order valence-corrected chi connectivity index (χ2v) is 7.78. The topological polar surface area (TPSA) is 32.8 Å². The Hall–Kier alpha value is -1.81. The Morgan fingerprint density at radius 1 is 1.12 bits per heavy atom. The number of ether oxygens (including phenoxy) is 1. The minimum Gasteiger partial charge on any atom is -0.484 e. The number of carbonyl (C=O) groups excluding carboxylic acids is 1. The lowest BCUT2D eigenvalue weighted by molar-refractivity contribution is -0.135. The summed E-state index contributed by atoms with van der Waals surface area (Å²) >= 11 is 0. The summed E-state index contributed by atoms with van der Waals surface area (Å²) < 4.78 is 5.71. The maximum Gasteiger partial charge on any atom is 0.260 e. The number of hydrogen-bond donors (Lipinski definition) is 0. The van der Waals surface area contributed by atoms with E-state index in [9.17, 15) is 4.79 Å². The molecule has 25 heavy (non-hydrogen) atoms. The molecule has 1 saturated carbocycles. The Bertz CT molecular complexity index is 649. The number of fused-ring (bicyclic) bond motifs is 2. The third-order valence-corrected chi connectivity index (χ3v) is 6.08. The van der Waals surface area contributed by atoms with Gasteiger partial charge in [0, 0.05) is 32.7 Å². The van der Waals surface area contributed by atoms with Gasteiger partial charge in [0.05, 0.1) is 0 Å². The normalized spacial score (nSPS) is 28.5. The van der Waals surface area contributed by atoms with Crippen molar-refractivity contribution in [1.82, 2.24) is 9.80 Å². The van der Waals surface area contributed by atoms with E-state index in [1.807, 2.05) is 36.1 Å². The number of carbonyl (C=O) groups is 1. The third-order valence-electron chi connectivity index (χ3n) is 6.08. The standard InChI is InChI=1S/C21H28N2O2/c1-16-4-2-3-5-20(16)25-15-21(24)23-10-8-22(9-11-23)14-19-13-17-6-7-18(19)12-17/h2-7,17-19H,8-15H2,1H3. The first-order valence-electron chi connectivity index (χ1n) is 9.56. The maximum absolute atomic E-state index is 12.4. The summed E-state index contributed by atoms with van der Waals surface area (Å²) in [5, 5.41) is 0. The first kappa shape index (κ1) is 16.6. The van der Waals surface area contributed by atoms with E-state index in [4.69, 9.17) is 4.74 Å². The van der Waals surface area contributed by atoms with Crippen molar-refractivity contribution in [2.75, 3.05) is 39.3 Å². The first-order chi connectivity index (χ1) is 12.2. The molecule has 1 amide bonds. The van der Waals surface area contributed by atoms with Gasteiger partial charge in [-0.25, -0.2) is 0 Å². The molecule has 0 radical (unpaired) electrons. The van der Waals surface area contributed by atoms with Crippen LogP contribution in [0, 0.1) is 24.7 Å². The summed E-state index contributed by atoms with van der Waals surface area (Å²) in [6.45, 7) is 6.99. The van der Waals surface area contributed by atoms with Gasteiger partial charge in [0.1, 0.15) is 5.75 Å².